The molecule has 1 atom stereocenters. The molecule has 2 aromatic rings. The Labute approximate surface area is 167 Å². The van der Waals surface area contributed by atoms with Gasteiger partial charge in [0.2, 0.25) is 10.0 Å². The summed E-state index contributed by atoms with van der Waals surface area (Å²) in [4.78, 5) is 0.289. The first-order valence-electron chi connectivity index (χ1n) is 10.2. The number of sulfonamides is 1. The van der Waals surface area contributed by atoms with Gasteiger partial charge in [0.25, 0.3) is 0 Å². The molecule has 0 bridgehead atoms. The van der Waals surface area contributed by atoms with Crippen molar-refractivity contribution in [3.05, 3.63) is 48.3 Å². The van der Waals surface area contributed by atoms with E-state index in [0.717, 1.165) is 38.7 Å². The molecule has 0 aliphatic carbocycles. The van der Waals surface area contributed by atoms with Gasteiger partial charge in [0.1, 0.15) is 4.90 Å². The third-order valence-electron chi connectivity index (χ3n) is 6.17. The van der Waals surface area contributed by atoms with Gasteiger partial charge >= 0.3 is 0 Å². The summed E-state index contributed by atoms with van der Waals surface area (Å²) in [6.45, 7) is 4.40. The van der Waals surface area contributed by atoms with Crippen LogP contribution >= 0.6 is 0 Å². The van der Waals surface area contributed by atoms with Crippen LogP contribution in [0.3, 0.4) is 0 Å². The molecule has 3 heterocycles. The lowest BCUT2D eigenvalue weighted by atomic mass is 9.78. The van der Waals surface area contributed by atoms with Gasteiger partial charge in [-0.3, -0.25) is 4.68 Å². The lowest BCUT2D eigenvalue weighted by Gasteiger charge is -2.45. The second-order valence-electron chi connectivity index (χ2n) is 8.02. The molecule has 28 heavy (non-hydrogen) atoms. The van der Waals surface area contributed by atoms with E-state index in [9.17, 15) is 8.42 Å². The summed E-state index contributed by atoms with van der Waals surface area (Å²) >= 11 is 0. The predicted octanol–water partition coefficient (Wildman–Crippen LogP) is 3.10. The zero-order valence-corrected chi connectivity index (χ0v) is 17.3. The number of nitrogens with zero attached hydrogens (tertiary/aromatic N) is 3. The predicted molar refractivity (Wildman–Crippen MR) is 107 cm³/mol. The Hall–Kier alpha value is -1.70. The highest BCUT2D eigenvalue weighted by molar-refractivity contribution is 7.89. The maximum atomic E-state index is 12.9. The van der Waals surface area contributed by atoms with E-state index in [1.807, 2.05) is 6.92 Å². The highest BCUT2D eigenvalue weighted by Gasteiger charge is 2.42. The number of aromatic nitrogens is 2. The van der Waals surface area contributed by atoms with E-state index in [4.69, 9.17) is 4.74 Å². The van der Waals surface area contributed by atoms with Gasteiger partial charge < -0.3 is 4.74 Å². The van der Waals surface area contributed by atoms with Crippen molar-refractivity contribution in [2.45, 2.75) is 56.1 Å². The fraction of sp³-hybridized carbons (Fsp3) is 0.571. The van der Waals surface area contributed by atoms with Gasteiger partial charge in [-0.15, -0.1) is 0 Å². The van der Waals surface area contributed by atoms with Crippen LogP contribution in [-0.4, -0.2) is 47.8 Å². The van der Waals surface area contributed by atoms with E-state index in [0.29, 0.717) is 25.6 Å². The molecule has 1 aromatic carbocycles. The standard InChI is InChI=1S/C21H29N3O3S/c1-2-23-17-20(16-22-23)28(25,26)24-11-9-21(10-12-24)15-19(8-13-27-21)14-18-6-4-3-5-7-18/h3-7,16-17,19H,2,8-15H2,1H3. The van der Waals surface area contributed by atoms with Crippen LogP contribution in [0.5, 0.6) is 0 Å². The minimum Gasteiger partial charge on any atom is -0.375 e. The van der Waals surface area contributed by atoms with Gasteiger partial charge in [-0.05, 0) is 50.5 Å². The Balaban J connectivity index is 1.40. The molecule has 4 rings (SSSR count). The molecule has 2 aliphatic rings. The fourth-order valence-electron chi connectivity index (χ4n) is 4.53. The van der Waals surface area contributed by atoms with Crippen molar-refractivity contribution in [1.29, 1.82) is 0 Å². The molecule has 6 nitrogen and oxygen atoms in total. The Morgan fingerprint density at radius 3 is 2.64 bits per heavy atom. The molecule has 7 heteroatoms. The van der Waals surface area contributed by atoms with Crippen molar-refractivity contribution in [3.63, 3.8) is 0 Å². The first-order chi connectivity index (χ1) is 13.5. The molecule has 0 N–H and O–H groups in total. The molecule has 0 saturated carbocycles. The average molecular weight is 404 g/mol. The second kappa shape index (κ2) is 7.97. The van der Waals surface area contributed by atoms with Crippen LogP contribution in [-0.2, 0) is 27.7 Å². The molecule has 2 aliphatic heterocycles. The number of rotatable bonds is 5. The van der Waals surface area contributed by atoms with Crippen molar-refractivity contribution in [3.8, 4) is 0 Å². The van der Waals surface area contributed by atoms with Gasteiger partial charge in [-0.25, -0.2) is 8.42 Å². The molecule has 1 spiro atoms. The van der Waals surface area contributed by atoms with Crippen molar-refractivity contribution in [1.82, 2.24) is 14.1 Å². The minimum absolute atomic E-state index is 0.169. The summed E-state index contributed by atoms with van der Waals surface area (Å²) in [6, 6.07) is 10.6. The summed E-state index contributed by atoms with van der Waals surface area (Å²) < 4.78 is 35.3. The van der Waals surface area contributed by atoms with E-state index >= 15 is 0 Å². The molecule has 152 valence electrons. The van der Waals surface area contributed by atoms with Crippen molar-refractivity contribution >= 4 is 10.0 Å². The van der Waals surface area contributed by atoms with E-state index in [1.54, 1.807) is 15.2 Å². The van der Waals surface area contributed by atoms with Crippen LogP contribution in [0.25, 0.3) is 0 Å². The largest absolute Gasteiger partial charge is 0.375 e. The SMILES string of the molecule is CCn1cc(S(=O)(=O)N2CCC3(CC2)CC(Cc2ccccc2)CCO3)cn1. The topological polar surface area (TPSA) is 64.4 Å². The molecular formula is C21H29N3O3S. The van der Waals surface area contributed by atoms with Gasteiger partial charge in [0, 0.05) is 32.4 Å². The number of piperidine rings is 1. The van der Waals surface area contributed by atoms with E-state index in [1.165, 1.54) is 11.8 Å². The summed E-state index contributed by atoms with van der Waals surface area (Å²) in [5.74, 6) is 0.599. The Morgan fingerprint density at radius 1 is 1.21 bits per heavy atom. The smallest absolute Gasteiger partial charge is 0.246 e. The Kier molecular flexibility index (Phi) is 5.58. The number of hydrogen-bond acceptors (Lipinski definition) is 4. The maximum absolute atomic E-state index is 12.9. The van der Waals surface area contributed by atoms with Gasteiger partial charge in [-0.1, -0.05) is 30.3 Å². The Morgan fingerprint density at radius 2 is 1.96 bits per heavy atom. The van der Waals surface area contributed by atoms with Crippen molar-refractivity contribution in [2.75, 3.05) is 19.7 Å². The molecule has 2 fully saturated rings. The summed E-state index contributed by atoms with van der Waals surface area (Å²) in [6.07, 6.45) is 7.77. The van der Waals surface area contributed by atoms with E-state index in [-0.39, 0.29) is 10.5 Å². The summed E-state index contributed by atoms with van der Waals surface area (Å²) in [5, 5.41) is 4.12. The monoisotopic (exact) mass is 403 g/mol. The highest BCUT2D eigenvalue weighted by atomic mass is 32.2. The van der Waals surface area contributed by atoms with Crippen LogP contribution in [0.1, 0.15) is 38.2 Å². The normalized spacial score (nSPS) is 23.1. The molecular weight excluding hydrogens is 374 g/mol. The number of hydrogen-bond donors (Lipinski definition) is 0. The van der Waals surface area contributed by atoms with Gasteiger partial charge in [-0.2, -0.15) is 9.40 Å². The Bertz CT molecular complexity index is 887. The molecule has 1 aromatic heterocycles. The van der Waals surface area contributed by atoms with Crippen LogP contribution < -0.4 is 0 Å². The van der Waals surface area contributed by atoms with Crippen LogP contribution in [0.15, 0.2) is 47.6 Å². The molecule has 1 unspecified atom stereocenters. The number of ether oxygens (including phenoxy) is 1. The van der Waals surface area contributed by atoms with Crippen LogP contribution in [0.2, 0.25) is 0 Å². The quantitative estimate of drug-likeness (QED) is 0.770. The molecule has 2 saturated heterocycles. The maximum Gasteiger partial charge on any atom is 0.246 e. The fourth-order valence-corrected chi connectivity index (χ4v) is 5.93. The summed E-state index contributed by atoms with van der Waals surface area (Å²) in [7, 11) is -3.47. The number of benzene rings is 1. The first kappa shape index (κ1) is 19.6. The van der Waals surface area contributed by atoms with E-state index in [2.05, 4.69) is 35.4 Å². The highest BCUT2D eigenvalue weighted by Crippen LogP contribution is 2.39. The minimum atomic E-state index is -3.47. The van der Waals surface area contributed by atoms with Crippen LogP contribution in [0.4, 0.5) is 0 Å². The molecule has 0 amide bonds. The lowest BCUT2D eigenvalue weighted by Crippen LogP contribution is -2.50. The lowest BCUT2D eigenvalue weighted by molar-refractivity contribution is -0.120. The first-order valence-corrected chi connectivity index (χ1v) is 11.7. The van der Waals surface area contributed by atoms with Crippen molar-refractivity contribution in [2.24, 2.45) is 5.92 Å². The molecule has 0 radical (unpaired) electrons. The third-order valence-corrected chi connectivity index (χ3v) is 8.02. The third kappa shape index (κ3) is 4.02. The zero-order chi connectivity index (χ0) is 19.6. The number of aryl methyl sites for hydroxylation is 1. The average Bonchev–Trinajstić information content (AvgIpc) is 3.19. The van der Waals surface area contributed by atoms with Gasteiger partial charge in [0.15, 0.2) is 0 Å². The van der Waals surface area contributed by atoms with Gasteiger partial charge in [0.05, 0.1) is 11.8 Å². The van der Waals surface area contributed by atoms with Crippen molar-refractivity contribution < 1.29 is 13.2 Å². The van der Waals surface area contributed by atoms with Crippen LogP contribution in [0, 0.1) is 5.92 Å². The van der Waals surface area contributed by atoms with E-state index < -0.39 is 10.0 Å². The summed E-state index contributed by atoms with van der Waals surface area (Å²) in [5.41, 5.74) is 1.20. The second-order valence-corrected chi connectivity index (χ2v) is 9.95. The zero-order valence-electron chi connectivity index (χ0n) is 16.5.